The minimum atomic E-state index is -0.571. The quantitative estimate of drug-likeness (QED) is 0.823. The van der Waals surface area contributed by atoms with Gasteiger partial charge in [0.05, 0.1) is 6.33 Å². The fraction of sp³-hybridized carbons (Fsp3) is 0.273. The Hall–Kier alpha value is -1.66. The summed E-state index contributed by atoms with van der Waals surface area (Å²) in [6.07, 6.45) is 5.27. The summed E-state index contributed by atoms with van der Waals surface area (Å²) in [5.74, 6) is -0.146. The Balaban J connectivity index is 1.77. The Bertz CT molecular complexity index is 452. The second kappa shape index (κ2) is 5.60. The van der Waals surface area contributed by atoms with Crippen LogP contribution in [0.5, 0.6) is 0 Å². The molecule has 1 amide bonds. The summed E-state index contributed by atoms with van der Waals surface area (Å²) < 4.78 is 1.90. The van der Waals surface area contributed by atoms with Gasteiger partial charge in [0.15, 0.2) is 0 Å². The Labute approximate surface area is 103 Å². The van der Waals surface area contributed by atoms with Crippen LogP contribution in [0.4, 0.5) is 0 Å². The highest BCUT2D eigenvalue weighted by Crippen LogP contribution is 2.16. The molecule has 0 radical (unpaired) electrons. The van der Waals surface area contributed by atoms with Gasteiger partial charge in [0.2, 0.25) is 5.91 Å². The van der Waals surface area contributed by atoms with Crippen LogP contribution in [0.15, 0.2) is 36.2 Å². The normalized spacial score (nSPS) is 12.3. The maximum atomic E-state index is 11.7. The zero-order chi connectivity index (χ0) is 12.1. The van der Waals surface area contributed by atoms with Crippen molar-refractivity contribution in [3.05, 3.63) is 41.1 Å². The maximum absolute atomic E-state index is 11.7. The number of amides is 1. The Morgan fingerprint density at radius 3 is 3.18 bits per heavy atom. The van der Waals surface area contributed by atoms with Gasteiger partial charge in [-0.05, 0) is 11.4 Å². The van der Waals surface area contributed by atoms with E-state index in [1.54, 1.807) is 12.5 Å². The van der Waals surface area contributed by atoms with Gasteiger partial charge in [-0.25, -0.2) is 4.98 Å². The van der Waals surface area contributed by atoms with Crippen molar-refractivity contribution in [1.29, 1.82) is 0 Å². The van der Waals surface area contributed by atoms with Crippen LogP contribution < -0.4 is 11.1 Å². The molecule has 90 valence electrons. The van der Waals surface area contributed by atoms with E-state index in [2.05, 4.69) is 10.3 Å². The Kier molecular flexibility index (Phi) is 3.89. The molecule has 1 unspecified atom stereocenters. The number of nitrogens with one attached hydrogen (secondary N) is 1. The van der Waals surface area contributed by atoms with Crippen molar-refractivity contribution >= 4 is 17.2 Å². The molecule has 0 saturated carbocycles. The monoisotopic (exact) mass is 250 g/mol. The average molecular weight is 250 g/mol. The number of aromatic nitrogens is 2. The third kappa shape index (κ3) is 3.15. The maximum Gasteiger partial charge on any atom is 0.242 e. The van der Waals surface area contributed by atoms with Crippen LogP contribution in [0, 0.1) is 0 Å². The van der Waals surface area contributed by atoms with E-state index in [1.165, 1.54) is 11.3 Å². The summed E-state index contributed by atoms with van der Waals surface area (Å²) in [4.78, 5) is 16.5. The largest absolute Gasteiger partial charge is 0.353 e. The Morgan fingerprint density at radius 2 is 2.53 bits per heavy atom. The third-order valence-corrected chi connectivity index (χ3v) is 3.32. The van der Waals surface area contributed by atoms with Crippen molar-refractivity contribution in [3.63, 3.8) is 0 Å². The number of carbonyl (C=O) groups is 1. The zero-order valence-electron chi connectivity index (χ0n) is 9.24. The van der Waals surface area contributed by atoms with Crippen molar-refractivity contribution in [2.24, 2.45) is 5.73 Å². The second-order valence-electron chi connectivity index (χ2n) is 3.58. The first-order chi connectivity index (χ1) is 8.27. The van der Waals surface area contributed by atoms with Crippen molar-refractivity contribution in [1.82, 2.24) is 14.9 Å². The van der Waals surface area contributed by atoms with E-state index in [0.29, 0.717) is 13.1 Å². The summed E-state index contributed by atoms with van der Waals surface area (Å²) in [6, 6.07) is 3.18. The fourth-order valence-corrected chi connectivity index (χ4v) is 2.16. The molecule has 0 aromatic carbocycles. The van der Waals surface area contributed by atoms with Crippen LogP contribution in [0.2, 0.25) is 0 Å². The number of nitrogens with two attached hydrogens (primary N) is 1. The average Bonchev–Trinajstić information content (AvgIpc) is 3.00. The molecule has 0 aliphatic heterocycles. The minimum Gasteiger partial charge on any atom is -0.353 e. The van der Waals surface area contributed by atoms with Gasteiger partial charge in [0, 0.05) is 30.4 Å². The lowest BCUT2D eigenvalue weighted by molar-refractivity contribution is -0.122. The SMILES string of the molecule is NC(C(=O)NCCn1ccnc1)c1cccs1. The van der Waals surface area contributed by atoms with Gasteiger partial charge in [0.25, 0.3) is 0 Å². The molecular weight excluding hydrogens is 236 g/mol. The first-order valence-electron chi connectivity index (χ1n) is 5.30. The molecule has 0 bridgehead atoms. The summed E-state index contributed by atoms with van der Waals surface area (Å²) in [5, 5.41) is 4.71. The molecule has 0 fully saturated rings. The number of carbonyl (C=O) groups excluding carboxylic acids is 1. The molecule has 0 spiro atoms. The van der Waals surface area contributed by atoms with Crippen molar-refractivity contribution in [2.45, 2.75) is 12.6 Å². The first kappa shape index (κ1) is 11.8. The highest BCUT2D eigenvalue weighted by Gasteiger charge is 2.15. The molecule has 5 nitrogen and oxygen atoms in total. The van der Waals surface area contributed by atoms with Gasteiger partial charge >= 0.3 is 0 Å². The third-order valence-electron chi connectivity index (χ3n) is 2.36. The molecule has 0 aliphatic rings. The molecule has 0 aliphatic carbocycles. The number of nitrogens with zero attached hydrogens (tertiary/aromatic N) is 2. The lowest BCUT2D eigenvalue weighted by Gasteiger charge is -2.10. The zero-order valence-corrected chi connectivity index (χ0v) is 10.1. The molecular formula is C11H14N4OS. The molecule has 17 heavy (non-hydrogen) atoms. The molecule has 1 atom stereocenters. The van der Waals surface area contributed by atoms with E-state index in [9.17, 15) is 4.79 Å². The van der Waals surface area contributed by atoms with Crippen LogP contribution >= 0.6 is 11.3 Å². The lowest BCUT2D eigenvalue weighted by Crippen LogP contribution is -2.35. The van der Waals surface area contributed by atoms with E-state index in [4.69, 9.17) is 5.73 Å². The minimum absolute atomic E-state index is 0.146. The highest BCUT2D eigenvalue weighted by molar-refractivity contribution is 7.10. The molecule has 2 heterocycles. The van der Waals surface area contributed by atoms with Gasteiger partial charge in [0.1, 0.15) is 6.04 Å². The molecule has 2 aromatic rings. The van der Waals surface area contributed by atoms with Gasteiger partial charge < -0.3 is 15.6 Å². The predicted octanol–water partition coefficient (Wildman–Crippen LogP) is 0.761. The Morgan fingerprint density at radius 1 is 1.65 bits per heavy atom. The van der Waals surface area contributed by atoms with Crippen LogP contribution in [0.25, 0.3) is 0 Å². The summed E-state index contributed by atoms with van der Waals surface area (Å²) >= 11 is 1.49. The predicted molar refractivity (Wildman–Crippen MR) is 66.5 cm³/mol. The van der Waals surface area contributed by atoms with Crippen LogP contribution in [0.1, 0.15) is 10.9 Å². The van der Waals surface area contributed by atoms with Crippen LogP contribution in [-0.4, -0.2) is 22.0 Å². The molecule has 2 aromatic heterocycles. The summed E-state index contributed by atoms with van der Waals surface area (Å²) in [7, 11) is 0. The number of imidazole rings is 1. The molecule has 6 heteroatoms. The first-order valence-corrected chi connectivity index (χ1v) is 6.18. The number of hydrogen-bond acceptors (Lipinski definition) is 4. The van der Waals surface area contributed by atoms with Crippen LogP contribution in [0.3, 0.4) is 0 Å². The standard InChI is InChI=1S/C11H14N4OS/c12-10(9-2-1-7-17-9)11(16)14-4-6-15-5-3-13-8-15/h1-3,5,7-8,10H,4,6,12H2,(H,14,16). The van der Waals surface area contributed by atoms with Crippen LogP contribution in [-0.2, 0) is 11.3 Å². The van der Waals surface area contributed by atoms with E-state index in [1.807, 2.05) is 28.3 Å². The van der Waals surface area contributed by atoms with Crippen molar-refractivity contribution < 1.29 is 4.79 Å². The smallest absolute Gasteiger partial charge is 0.242 e. The molecule has 0 saturated heterocycles. The van der Waals surface area contributed by atoms with Crippen molar-refractivity contribution in [2.75, 3.05) is 6.54 Å². The van der Waals surface area contributed by atoms with Crippen molar-refractivity contribution in [3.8, 4) is 0 Å². The summed E-state index contributed by atoms with van der Waals surface area (Å²) in [5.41, 5.74) is 5.82. The number of hydrogen-bond donors (Lipinski definition) is 2. The number of rotatable bonds is 5. The van der Waals surface area contributed by atoms with Gasteiger partial charge in [-0.15, -0.1) is 11.3 Å². The molecule has 2 rings (SSSR count). The van der Waals surface area contributed by atoms with E-state index >= 15 is 0 Å². The fourth-order valence-electron chi connectivity index (χ4n) is 1.43. The number of thiophene rings is 1. The lowest BCUT2D eigenvalue weighted by atomic mass is 10.2. The topological polar surface area (TPSA) is 72.9 Å². The van der Waals surface area contributed by atoms with E-state index in [-0.39, 0.29) is 5.91 Å². The molecule has 3 N–H and O–H groups in total. The summed E-state index contributed by atoms with van der Waals surface area (Å²) in [6.45, 7) is 1.25. The van der Waals surface area contributed by atoms with Gasteiger partial charge in [-0.3, -0.25) is 4.79 Å². The highest BCUT2D eigenvalue weighted by atomic mass is 32.1. The second-order valence-corrected chi connectivity index (χ2v) is 4.56. The van der Waals surface area contributed by atoms with Gasteiger partial charge in [-0.1, -0.05) is 6.07 Å². The van der Waals surface area contributed by atoms with Gasteiger partial charge in [-0.2, -0.15) is 0 Å². The van der Waals surface area contributed by atoms with E-state index < -0.39 is 6.04 Å². The van der Waals surface area contributed by atoms with E-state index in [0.717, 1.165) is 4.88 Å².